The fourth-order valence-corrected chi connectivity index (χ4v) is 5.36. The first-order valence-electron chi connectivity index (χ1n) is 13.5. The number of ether oxygens (including phenoxy) is 2. The average Bonchev–Trinajstić information content (AvgIpc) is 3.02. The highest BCUT2D eigenvalue weighted by molar-refractivity contribution is 7.92. The summed E-state index contributed by atoms with van der Waals surface area (Å²) in [5.74, 6) is -0.355. The van der Waals surface area contributed by atoms with Crippen LogP contribution >= 0.6 is 0 Å². The van der Waals surface area contributed by atoms with E-state index in [9.17, 15) is 22.4 Å². The van der Waals surface area contributed by atoms with Crippen LogP contribution in [0.25, 0.3) is 0 Å². The van der Waals surface area contributed by atoms with Gasteiger partial charge in [0.05, 0.1) is 12.0 Å². The van der Waals surface area contributed by atoms with Crippen molar-refractivity contribution in [2.24, 2.45) is 0 Å². The van der Waals surface area contributed by atoms with E-state index in [2.05, 4.69) is 10.0 Å². The molecule has 0 aliphatic heterocycles. The van der Waals surface area contributed by atoms with Gasteiger partial charge in [0.1, 0.15) is 23.4 Å². The van der Waals surface area contributed by atoms with E-state index in [1.807, 2.05) is 18.2 Å². The summed E-state index contributed by atoms with van der Waals surface area (Å²) < 4.78 is 52.0. The van der Waals surface area contributed by atoms with Crippen molar-refractivity contribution in [3.8, 4) is 11.5 Å². The summed E-state index contributed by atoms with van der Waals surface area (Å²) in [6.07, 6.45) is 0. The topological polar surface area (TPSA) is 114 Å². The molecule has 0 saturated heterocycles. The summed E-state index contributed by atoms with van der Waals surface area (Å²) in [6.45, 7) is 1.90. The maximum Gasteiger partial charge on any atom is 0.261 e. The summed E-state index contributed by atoms with van der Waals surface area (Å²) in [5, 5.41) is 2.82. The SMILES string of the molecule is CCNC(=O)C(c1ccccc1)N(Cc1ccc(OC)cc1)C(=O)COc1ccc(S(=O)(=O)Nc2ccc(F)cc2)cc1. The van der Waals surface area contributed by atoms with Crippen molar-refractivity contribution in [3.05, 3.63) is 120 Å². The van der Waals surface area contributed by atoms with Crippen LogP contribution in [0.5, 0.6) is 11.5 Å². The normalized spacial score (nSPS) is 11.7. The minimum Gasteiger partial charge on any atom is -0.497 e. The number of carbonyl (C=O) groups excluding carboxylic acids is 2. The van der Waals surface area contributed by atoms with Crippen molar-refractivity contribution in [3.63, 3.8) is 0 Å². The van der Waals surface area contributed by atoms with Crippen LogP contribution in [0.4, 0.5) is 10.1 Å². The van der Waals surface area contributed by atoms with E-state index in [1.54, 1.807) is 50.4 Å². The van der Waals surface area contributed by atoms with Gasteiger partial charge in [0.2, 0.25) is 5.91 Å². The third kappa shape index (κ3) is 8.32. The van der Waals surface area contributed by atoms with Gasteiger partial charge in [-0.3, -0.25) is 14.3 Å². The highest BCUT2D eigenvalue weighted by atomic mass is 32.2. The lowest BCUT2D eigenvalue weighted by atomic mass is 10.0. The van der Waals surface area contributed by atoms with E-state index in [0.29, 0.717) is 17.9 Å². The van der Waals surface area contributed by atoms with E-state index >= 15 is 0 Å². The number of carbonyl (C=O) groups is 2. The van der Waals surface area contributed by atoms with Gasteiger partial charge >= 0.3 is 0 Å². The van der Waals surface area contributed by atoms with Crippen molar-refractivity contribution in [1.29, 1.82) is 0 Å². The lowest BCUT2D eigenvalue weighted by molar-refractivity contribution is -0.143. The molecule has 2 amide bonds. The molecule has 0 aliphatic carbocycles. The van der Waals surface area contributed by atoms with Crippen LogP contribution in [0, 0.1) is 5.82 Å². The smallest absolute Gasteiger partial charge is 0.261 e. The molecule has 11 heteroatoms. The number of anilines is 1. The van der Waals surface area contributed by atoms with Crippen molar-refractivity contribution < 1.29 is 31.9 Å². The number of methoxy groups -OCH3 is 1. The van der Waals surface area contributed by atoms with Crippen LogP contribution in [-0.2, 0) is 26.2 Å². The summed E-state index contributed by atoms with van der Waals surface area (Å²) >= 11 is 0. The van der Waals surface area contributed by atoms with Gasteiger partial charge in [-0.15, -0.1) is 0 Å². The van der Waals surface area contributed by atoms with Gasteiger partial charge in [0.15, 0.2) is 6.61 Å². The highest BCUT2D eigenvalue weighted by Crippen LogP contribution is 2.26. The van der Waals surface area contributed by atoms with Crippen LogP contribution in [0.2, 0.25) is 0 Å². The van der Waals surface area contributed by atoms with E-state index in [1.165, 1.54) is 41.3 Å². The zero-order valence-electron chi connectivity index (χ0n) is 23.7. The van der Waals surface area contributed by atoms with Crippen LogP contribution in [-0.4, -0.2) is 45.4 Å². The Labute approximate surface area is 250 Å². The number of likely N-dealkylation sites (N-methyl/N-ethyl adjacent to an activating group) is 1. The van der Waals surface area contributed by atoms with Gasteiger partial charge in [-0.25, -0.2) is 12.8 Å². The molecule has 2 N–H and O–H groups in total. The quantitative estimate of drug-likeness (QED) is 0.224. The molecule has 0 aliphatic rings. The number of halogens is 1. The zero-order valence-corrected chi connectivity index (χ0v) is 24.5. The second-order valence-corrected chi connectivity index (χ2v) is 11.1. The summed E-state index contributed by atoms with van der Waals surface area (Å²) in [6, 6.07) is 25.7. The summed E-state index contributed by atoms with van der Waals surface area (Å²) in [4.78, 5) is 28.4. The molecule has 0 saturated carbocycles. The predicted octanol–water partition coefficient (Wildman–Crippen LogP) is 4.92. The number of hydrogen-bond donors (Lipinski definition) is 2. The maximum atomic E-state index is 13.7. The Hall–Kier alpha value is -4.90. The number of hydrogen-bond acceptors (Lipinski definition) is 6. The lowest BCUT2D eigenvalue weighted by Gasteiger charge is -2.31. The van der Waals surface area contributed by atoms with E-state index in [0.717, 1.165) is 17.7 Å². The molecule has 0 heterocycles. The largest absolute Gasteiger partial charge is 0.497 e. The van der Waals surface area contributed by atoms with Crippen LogP contribution in [0.3, 0.4) is 0 Å². The van der Waals surface area contributed by atoms with Gasteiger partial charge in [-0.2, -0.15) is 0 Å². The molecule has 9 nitrogen and oxygen atoms in total. The lowest BCUT2D eigenvalue weighted by Crippen LogP contribution is -2.45. The number of nitrogens with zero attached hydrogens (tertiary/aromatic N) is 1. The standard InChI is InChI=1S/C32H32FN3O6S/c1-3-34-32(38)31(24-7-5-4-6-8-24)36(21-23-9-15-27(41-2)16-10-23)30(37)22-42-28-17-19-29(20-18-28)43(39,40)35-26-13-11-25(33)12-14-26/h4-20,31,35H,3,21-22H2,1-2H3,(H,34,38). The Morgan fingerprint density at radius 1 is 0.860 bits per heavy atom. The Morgan fingerprint density at radius 2 is 1.49 bits per heavy atom. The molecule has 0 aromatic heterocycles. The van der Waals surface area contributed by atoms with E-state index in [4.69, 9.17) is 9.47 Å². The first-order valence-corrected chi connectivity index (χ1v) is 14.9. The number of benzene rings is 4. The minimum atomic E-state index is -3.94. The molecule has 0 radical (unpaired) electrons. The van der Waals surface area contributed by atoms with Crippen molar-refractivity contribution in [1.82, 2.24) is 10.2 Å². The molecule has 43 heavy (non-hydrogen) atoms. The van der Waals surface area contributed by atoms with Gasteiger partial charge in [0.25, 0.3) is 15.9 Å². The van der Waals surface area contributed by atoms with Crippen LogP contribution in [0.1, 0.15) is 24.1 Å². The molecule has 0 spiro atoms. The van der Waals surface area contributed by atoms with Gasteiger partial charge in [0, 0.05) is 18.8 Å². The average molecular weight is 606 g/mol. The second kappa shape index (κ2) is 14.3. The summed E-state index contributed by atoms with van der Waals surface area (Å²) in [7, 11) is -2.38. The molecule has 0 bridgehead atoms. The minimum absolute atomic E-state index is 0.0444. The summed E-state index contributed by atoms with van der Waals surface area (Å²) in [5.41, 5.74) is 1.63. The number of rotatable bonds is 13. The molecule has 4 rings (SSSR count). The Morgan fingerprint density at radius 3 is 2.09 bits per heavy atom. The van der Waals surface area contributed by atoms with Crippen molar-refractivity contribution in [2.75, 3.05) is 25.0 Å². The Bertz CT molecular complexity index is 1610. The first-order chi connectivity index (χ1) is 20.7. The third-order valence-corrected chi connectivity index (χ3v) is 7.85. The van der Waals surface area contributed by atoms with Gasteiger partial charge in [-0.1, -0.05) is 42.5 Å². The number of sulfonamides is 1. The first kappa shape index (κ1) is 31.0. The fourth-order valence-electron chi connectivity index (χ4n) is 4.31. The predicted molar refractivity (Wildman–Crippen MR) is 161 cm³/mol. The van der Waals surface area contributed by atoms with Crippen LogP contribution < -0.4 is 19.5 Å². The van der Waals surface area contributed by atoms with Crippen molar-refractivity contribution >= 4 is 27.5 Å². The highest BCUT2D eigenvalue weighted by Gasteiger charge is 2.31. The Kier molecular flexibility index (Phi) is 10.3. The van der Waals surface area contributed by atoms with Gasteiger partial charge < -0.3 is 19.7 Å². The molecule has 1 unspecified atom stereocenters. The van der Waals surface area contributed by atoms with Crippen molar-refractivity contribution in [2.45, 2.75) is 24.4 Å². The van der Waals surface area contributed by atoms with E-state index in [-0.39, 0.29) is 28.8 Å². The molecule has 224 valence electrons. The number of nitrogens with one attached hydrogen (secondary N) is 2. The fraction of sp³-hybridized carbons (Fsp3) is 0.188. The monoisotopic (exact) mass is 605 g/mol. The number of amides is 2. The van der Waals surface area contributed by atoms with Gasteiger partial charge in [-0.05, 0) is 78.7 Å². The van der Waals surface area contributed by atoms with E-state index < -0.39 is 34.4 Å². The molecule has 1 atom stereocenters. The molecule has 4 aromatic carbocycles. The molecular weight excluding hydrogens is 573 g/mol. The third-order valence-electron chi connectivity index (χ3n) is 6.45. The van der Waals surface area contributed by atoms with Crippen LogP contribution in [0.15, 0.2) is 108 Å². The molecule has 0 fully saturated rings. The maximum absolute atomic E-state index is 13.7. The Balaban J connectivity index is 1.53. The molecular formula is C32H32FN3O6S. The molecule has 4 aromatic rings. The second-order valence-electron chi connectivity index (χ2n) is 9.45. The zero-order chi connectivity index (χ0) is 30.8.